The molecule has 0 saturated carbocycles. The van der Waals surface area contributed by atoms with Crippen LogP contribution in [0.2, 0.25) is 0 Å². The highest BCUT2D eigenvalue weighted by atomic mass is 32.2. The predicted molar refractivity (Wildman–Crippen MR) is 75.4 cm³/mol. The zero-order valence-corrected chi connectivity index (χ0v) is 11.9. The first kappa shape index (κ1) is 14.5. The van der Waals surface area contributed by atoms with Crippen LogP contribution in [0.1, 0.15) is 6.42 Å². The molecule has 2 N–H and O–H groups in total. The van der Waals surface area contributed by atoms with Crippen LogP contribution in [0.4, 0.5) is 4.79 Å². The quantitative estimate of drug-likeness (QED) is 0.821. The van der Waals surface area contributed by atoms with E-state index < -0.39 is 6.03 Å². The normalized spacial score (nSPS) is 12.7. The molecule has 0 fully saturated rings. The maximum Gasteiger partial charge on any atom is 0.321 e. The summed E-state index contributed by atoms with van der Waals surface area (Å²) in [6, 6.07) is 5.20. The molecule has 108 valence electrons. The van der Waals surface area contributed by atoms with Crippen molar-refractivity contribution < 1.29 is 19.1 Å². The van der Waals surface area contributed by atoms with Gasteiger partial charge in [0.2, 0.25) is 5.91 Å². The highest BCUT2D eigenvalue weighted by molar-refractivity contribution is 7.99. The second kappa shape index (κ2) is 7.04. The molecule has 1 aliphatic rings. The van der Waals surface area contributed by atoms with Crippen molar-refractivity contribution in [1.29, 1.82) is 0 Å². The summed E-state index contributed by atoms with van der Waals surface area (Å²) < 4.78 is 10.9. The summed E-state index contributed by atoms with van der Waals surface area (Å²) in [5.41, 5.74) is 0. The largest absolute Gasteiger partial charge is 0.486 e. The van der Waals surface area contributed by atoms with Gasteiger partial charge in [-0.15, -0.1) is 11.8 Å². The van der Waals surface area contributed by atoms with Crippen LogP contribution in [0, 0.1) is 0 Å². The minimum atomic E-state index is -0.487. The van der Waals surface area contributed by atoms with E-state index >= 15 is 0 Å². The van der Waals surface area contributed by atoms with Crippen LogP contribution < -0.4 is 20.1 Å². The molecule has 0 aromatic heterocycles. The number of benzene rings is 1. The molecule has 20 heavy (non-hydrogen) atoms. The molecule has 7 heteroatoms. The van der Waals surface area contributed by atoms with Crippen LogP contribution in [0.3, 0.4) is 0 Å². The number of hydrogen-bond acceptors (Lipinski definition) is 5. The number of urea groups is 1. The number of amides is 3. The third kappa shape index (κ3) is 4.06. The van der Waals surface area contributed by atoms with Crippen molar-refractivity contribution in [3.8, 4) is 11.5 Å². The predicted octanol–water partition coefficient (Wildman–Crippen LogP) is 1.40. The number of ether oxygens (including phenoxy) is 2. The summed E-state index contributed by atoms with van der Waals surface area (Å²) in [7, 11) is 1.46. The first-order chi connectivity index (χ1) is 9.69. The van der Waals surface area contributed by atoms with E-state index in [4.69, 9.17) is 9.47 Å². The number of fused-ring (bicyclic) bond motifs is 1. The van der Waals surface area contributed by atoms with Crippen LogP contribution in [0.15, 0.2) is 23.1 Å². The van der Waals surface area contributed by atoms with Gasteiger partial charge in [-0.05, 0) is 18.2 Å². The Morgan fingerprint density at radius 3 is 2.75 bits per heavy atom. The molecule has 2 rings (SSSR count). The van der Waals surface area contributed by atoms with E-state index in [9.17, 15) is 9.59 Å². The topological polar surface area (TPSA) is 76.7 Å². The Balaban J connectivity index is 1.79. The molecule has 1 aromatic rings. The molecule has 0 radical (unpaired) electrons. The van der Waals surface area contributed by atoms with Crippen molar-refractivity contribution >= 4 is 23.7 Å². The van der Waals surface area contributed by atoms with E-state index in [0.717, 1.165) is 16.4 Å². The second-order valence-electron chi connectivity index (χ2n) is 4.03. The van der Waals surface area contributed by atoms with Crippen molar-refractivity contribution in [2.45, 2.75) is 11.3 Å². The van der Waals surface area contributed by atoms with Crippen molar-refractivity contribution in [1.82, 2.24) is 10.6 Å². The third-order valence-electron chi connectivity index (χ3n) is 2.59. The number of nitrogens with one attached hydrogen (secondary N) is 2. The molecule has 0 bridgehead atoms. The van der Waals surface area contributed by atoms with Gasteiger partial charge in [0.25, 0.3) is 0 Å². The Morgan fingerprint density at radius 1 is 1.25 bits per heavy atom. The smallest absolute Gasteiger partial charge is 0.321 e. The van der Waals surface area contributed by atoms with Gasteiger partial charge < -0.3 is 14.8 Å². The van der Waals surface area contributed by atoms with Gasteiger partial charge >= 0.3 is 6.03 Å². The number of rotatable bonds is 4. The Morgan fingerprint density at radius 2 is 2.00 bits per heavy atom. The van der Waals surface area contributed by atoms with Crippen molar-refractivity contribution in [2.24, 2.45) is 0 Å². The summed E-state index contributed by atoms with van der Waals surface area (Å²) in [5, 5.41) is 4.55. The molecule has 1 heterocycles. The number of thioether (sulfide) groups is 1. The summed E-state index contributed by atoms with van der Waals surface area (Å²) in [6.07, 6.45) is 0.270. The summed E-state index contributed by atoms with van der Waals surface area (Å²) >= 11 is 1.53. The van der Waals surface area contributed by atoms with Crippen molar-refractivity contribution in [3.05, 3.63) is 18.2 Å². The monoisotopic (exact) mass is 296 g/mol. The lowest BCUT2D eigenvalue weighted by Gasteiger charge is -2.18. The lowest BCUT2D eigenvalue weighted by molar-refractivity contribution is -0.119. The number of hydrogen-bond donors (Lipinski definition) is 2. The van der Waals surface area contributed by atoms with Gasteiger partial charge in [-0.2, -0.15) is 0 Å². The molecule has 0 saturated heterocycles. The fourth-order valence-corrected chi connectivity index (χ4v) is 2.50. The minimum absolute atomic E-state index is 0.270. The van der Waals surface area contributed by atoms with Crippen LogP contribution >= 0.6 is 11.8 Å². The SMILES string of the molecule is CNC(=O)NC(=O)CCSc1ccc2c(c1)OCCO2. The number of carbonyl (C=O) groups excluding carboxylic acids is 2. The second-order valence-corrected chi connectivity index (χ2v) is 5.20. The molecule has 3 amide bonds. The van der Waals surface area contributed by atoms with E-state index in [-0.39, 0.29) is 12.3 Å². The van der Waals surface area contributed by atoms with Crippen molar-refractivity contribution in [2.75, 3.05) is 26.0 Å². The number of imide groups is 1. The van der Waals surface area contributed by atoms with E-state index in [1.807, 2.05) is 18.2 Å². The first-order valence-corrected chi connectivity index (χ1v) is 7.21. The highest BCUT2D eigenvalue weighted by Gasteiger charge is 2.12. The van der Waals surface area contributed by atoms with Gasteiger partial charge in [0.05, 0.1) is 0 Å². The van der Waals surface area contributed by atoms with Gasteiger partial charge in [-0.3, -0.25) is 10.1 Å². The molecule has 0 spiro atoms. The van der Waals surface area contributed by atoms with E-state index in [2.05, 4.69) is 10.6 Å². The fourth-order valence-electron chi connectivity index (χ4n) is 1.63. The zero-order valence-electron chi connectivity index (χ0n) is 11.1. The number of carbonyl (C=O) groups is 2. The van der Waals surface area contributed by atoms with Crippen LogP contribution in [-0.2, 0) is 4.79 Å². The van der Waals surface area contributed by atoms with Crippen molar-refractivity contribution in [3.63, 3.8) is 0 Å². The Kier molecular flexibility index (Phi) is 5.11. The standard InChI is InChI=1S/C13H16N2O4S/c1-14-13(17)15-12(16)4-7-20-9-2-3-10-11(8-9)19-6-5-18-10/h2-3,8H,4-7H2,1H3,(H2,14,15,16,17). The van der Waals surface area contributed by atoms with E-state index in [1.54, 1.807) is 0 Å². The Bertz CT molecular complexity index is 507. The molecular formula is C13H16N2O4S. The fraction of sp³-hybridized carbons (Fsp3) is 0.385. The lowest BCUT2D eigenvalue weighted by atomic mass is 10.3. The molecule has 6 nitrogen and oxygen atoms in total. The van der Waals surface area contributed by atoms with Gasteiger partial charge in [0, 0.05) is 24.1 Å². The first-order valence-electron chi connectivity index (χ1n) is 6.23. The average Bonchev–Trinajstić information content (AvgIpc) is 2.47. The molecule has 0 atom stereocenters. The molecule has 1 aliphatic heterocycles. The lowest BCUT2D eigenvalue weighted by Crippen LogP contribution is -2.37. The van der Waals surface area contributed by atoms with Crippen LogP contribution in [0.25, 0.3) is 0 Å². The van der Waals surface area contributed by atoms with Gasteiger partial charge in [-0.25, -0.2) is 4.79 Å². The Hall–Kier alpha value is -1.89. The zero-order chi connectivity index (χ0) is 14.4. The van der Waals surface area contributed by atoms with Crippen LogP contribution in [0.5, 0.6) is 11.5 Å². The molecule has 1 aromatic carbocycles. The molecular weight excluding hydrogens is 280 g/mol. The minimum Gasteiger partial charge on any atom is -0.486 e. The highest BCUT2D eigenvalue weighted by Crippen LogP contribution is 2.34. The summed E-state index contributed by atoms with van der Waals surface area (Å²) in [6.45, 7) is 1.12. The maximum atomic E-state index is 11.4. The van der Waals surface area contributed by atoms with E-state index in [1.165, 1.54) is 18.8 Å². The third-order valence-corrected chi connectivity index (χ3v) is 3.59. The Labute approximate surface area is 121 Å². The van der Waals surface area contributed by atoms with Gasteiger partial charge in [-0.1, -0.05) is 0 Å². The molecule has 0 unspecified atom stereocenters. The van der Waals surface area contributed by atoms with Gasteiger partial charge in [0.15, 0.2) is 11.5 Å². The average molecular weight is 296 g/mol. The summed E-state index contributed by atoms with van der Waals surface area (Å²) in [5.74, 6) is 1.77. The van der Waals surface area contributed by atoms with E-state index in [0.29, 0.717) is 19.0 Å². The molecule has 0 aliphatic carbocycles. The van der Waals surface area contributed by atoms with Gasteiger partial charge in [0.1, 0.15) is 13.2 Å². The van der Waals surface area contributed by atoms with Crippen LogP contribution in [-0.4, -0.2) is 38.0 Å². The maximum absolute atomic E-state index is 11.4. The summed E-state index contributed by atoms with van der Waals surface area (Å²) in [4.78, 5) is 23.3.